The van der Waals surface area contributed by atoms with Crippen LogP contribution in [0.25, 0.3) is 11.3 Å². The summed E-state index contributed by atoms with van der Waals surface area (Å²) in [5.74, 6) is 0.798. The first-order valence-corrected chi connectivity index (χ1v) is 6.59. The molecule has 0 saturated heterocycles. The minimum Gasteiger partial charge on any atom is -0.272 e. The Morgan fingerprint density at radius 3 is 2.67 bits per heavy atom. The van der Waals surface area contributed by atoms with Gasteiger partial charge in [-0.2, -0.15) is 5.10 Å². The Bertz CT molecular complexity index is 548. The zero-order valence-corrected chi connectivity index (χ0v) is 11.7. The summed E-state index contributed by atoms with van der Waals surface area (Å²) in [5.41, 5.74) is 2.79. The lowest BCUT2D eigenvalue weighted by Gasteiger charge is -2.07. The summed E-state index contributed by atoms with van der Waals surface area (Å²) >= 11 is 6.17. The van der Waals surface area contributed by atoms with Crippen LogP contribution in [0.3, 0.4) is 0 Å². The highest BCUT2D eigenvalue weighted by molar-refractivity contribution is 6.30. The lowest BCUT2D eigenvalue weighted by molar-refractivity contribution is 0.660. The highest BCUT2D eigenvalue weighted by atomic mass is 35.5. The van der Waals surface area contributed by atoms with Crippen molar-refractivity contribution < 1.29 is 0 Å². The molecule has 0 aliphatic rings. The molecule has 0 saturated carbocycles. The van der Waals surface area contributed by atoms with Crippen LogP contribution >= 0.6 is 11.6 Å². The van der Waals surface area contributed by atoms with Gasteiger partial charge < -0.3 is 0 Å². The number of hydrogen-bond donors (Lipinski definition) is 0. The van der Waals surface area contributed by atoms with E-state index in [4.69, 9.17) is 11.6 Å². The molecule has 0 radical (unpaired) electrons. The van der Waals surface area contributed by atoms with Gasteiger partial charge in [0.15, 0.2) is 0 Å². The van der Waals surface area contributed by atoms with Crippen LogP contribution in [0, 0.1) is 6.92 Å². The Morgan fingerprint density at radius 2 is 2.06 bits per heavy atom. The van der Waals surface area contributed by atoms with Gasteiger partial charge in [0, 0.05) is 30.3 Å². The van der Waals surface area contributed by atoms with Crippen molar-refractivity contribution in [2.75, 3.05) is 0 Å². The Balaban J connectivity index is 2.48. The van der Waals surface area contributed by atoms with E-state index >= 15 is 0 Å². The highest BCUT2D eigenvalue weighted by Crippen LogP contribution is 2.25. The van der Waals surface area contributed by atoms with Crippen LogP contribution in [-0.4, -0.2) is 19.7 Å². The molecular formula is C13H17ClN4. The van der Waals surface area contributed by atoms with E-state index in [0.29, 0.717) is 5.15 Å². The van der Waals surface area contributed by atoms with E-state index in [1.165, 1.54) is 0 Å². The molecule has 2 rings (SSSR count). The van der Waals surface area contributed by atoms with E-state index in [1.54, 1.807) is 0 Å². The van der Waals surface area contributed by atoms with Crippen LogP contribution in [0.15, 0.2) is 12.4 Å². The highest BCUT2D eigenvalue weighted by Gasteiger charge is 2.12. The van der Waals surface area contributed by atoms with Crippen LogP contribution in [0.1, 0.15) is 31.7 Å². The number of hydrogen-bond acceptors (Lipinski definition) is 3. The molecule has 5 heteroatoms. The van der Waals surface area contributed by atoms with E-state index < -0.39 is 0 Å². The average Bonchev–Trinajstić information content (AvgIpc) is 2.82. The van der Waals surface area contributed by atoms with Gasteiger partial charge in [0.05, 0.1) is 11.9 Å². The Morgan fingerprint density at radius 1 is 1.28 bits per heavy atom. The Labute approximate surface area is 112 Å². The quantitative estimate of drug-likeness (QED) is 0.796. The second-order valence-electron chi connectivity index (χ2n) is 4.24. The molecule has 0 aromatic carbocycles. The second kappa shape index (κ2) is 5.48. The van der Waals surface area contributed by atoms with Gasteiger partial charge in [-0.1, -0.05) is 18.5 Å². The maximum atomic E-state index is 6.17. The van der Waals surface area contributed by atoms with Crippen LogP contribution in [0.5, 0.6) is 0 Å². The molecule has 0 N–H and O–H groups in total. The zero-order valence-electron chi connectivity index (χ0n) is 10.9. The number of rotatable bonds is 4. The molecule has 4 nitrogen and oxygen atoms in total. The molecule has 0 aliphatic heterocycles. The fourth-order valence-electron chi connectivity index (χ4n) is 1.81. The van der Waals surface area contributed by atoms with Crippen molar-refractivity contribution in [2.45, 2.75) is 40.2 Å². The summed E-state index contributed by atoms with van der Waals surface area (Å²) < 4.78 is 1.88. The first kappa shape index (κ1) is 13.0. The minimum absolute atomic E-state index is 0.535. The molecule has 18 heavy (non-hydrogen) atoms. The summed E-state index contributed by atoms with van der Waals surface area (Å²) in [6.45, 7) is 6.95. The van der Waals surface area contributed by atoms with Gasteiger partial charge in [0.1, 0.15) is 11.0 Å². The third-order valence-corrected chi connectivity index (χ3v) is 3.20. The predicted octanol–water partition coefficient (Wildman–Crippen LogP) is 3.27. The van der Waals surface area contributed by atoms with E-state index in [-0.39, 0.29) is 0 Å². The van der Waals surface area contributed by atoms with Crippen molar-refractivity contribution >= 4 is 11.6 Å². The summed E-state index contributed by atoms with van der Waals surface area (Å²) in [7, 11) is 0. The number of halogens is 1. The van der Waals surface area contributed by atoms with E-state index in [9.17, 15) is 0 Å². The molecule has 0 spiro atoms. The van der Waals surface area contributed by atoms with Crippen molar-refractivity contribution in [3.05, 3.63) is 28.9 Å². The number of nitrogens with zero attached hydrogens (tertiary/aromatic N) is 4. The summed E-state index contributed by atoms with van der Waals surface area (Å²) in [4.78, 5) is 8.89. The topological polar surface area (TPSA) is 43.6 Å². The van der Waals surface area contributed by atoms with E-state index in [1.807, 2.05) is 24.0 Å². The minimum atomic E-state index is 0.535. The number of aromatic nitrogens is 4. The SMILES string of the molecule is CCCc1nc(Cl)c(C)c(-c2cnn(CC)c2)n1. The molecule has 0 fully saturated rings. The van der Waals surface area contributed by atoms with Crippen LogP contribution < -0.4 is 0 Å². The molecule has 96 valence electrons. The van der Waals surface area contributed by atoms with Crippen molar-refractivity contribution in [2.24, 2.45) is 0 Å². The van der Waals surface area contributed by atoms with Gasteiger partial charge in [0.25, 0.3) is 0 Å². The van der Waals surface area contributed by atoms with Gasteiger partial charge in [-0.15, -0.1) is 0 Å². The van der Waals surface area contributed by atoms with Gasteiger partial charge in [0.2, 0.25) is 0 Å². The summed E-state index contributed by atoms with van der Waals surface area (Å²) in [5, 5.41) is 4.81. The smallest absolute Gasteiger partial charge is 0.136 e. The third-order valence-electron chi connectivity index (χ3n) is 2.84. The van der Waals surface area contributed by atoms with Crippen LogP contribution in [-0.2, 0) is 13.0 Å². The Kier molecular flexibility index (Phi) is 3.97. The first-order chi connectivity index (χ1) is 8.65. The second-order valence-corrected chi connectivity index (χ2v) is 4.60. The molecule has 0 atom stereocenters. The summed E-state index contributed by atoms with van der Waals surface area (Å²) in [6.07, 6.45) is 5.66. The van der Waals surface area contributed by atoms with E-state index in [0.717, 1.165) is 42.0 Å². The van der Waals surface area contributed by atoms with Gasteiger partial charge in [-0.05, 0) is 20.3 Å². The monoisotopic (exact) mass is 264 g/mol. The largest absolute Gasteiger partial charge is 0.272 e. The number of aryl methyl sites for hydroxylation is 2. The fraction of sp³-hybridized carbons (Fsp3) is 0.462. The predicted molar refractivity (Wildman–Crippen MR) is 72.7 cm³/mol. The van der Waals surface area contributed by atoms with Crippen LogP contribution in [0.2, 0.25) is 5.15 Å². The van der Waals surface area contributed by atoms with E-state index in [2.05, 4.69) is 28.9 Å². The van der Waals surface area contributed by atoms with Crippen molar-refractivity contribution in [1.29, 1.82) is 0 Å². The molecule has 0 amide bonds. The molecule has 0 aliphatic carbocycles. The lowest BCUT2D eigenvalue weighted by atomic mass is 10.1. The third kappa shape index (κ3) is 2.53. The maximum absolute atomic E-state index is 6.17. The standard InChI is InChI=1S/C13H17ClN4/c1-4-6-11-16-12(9(3)13(14)17-11)10-7-15-18(5-2)8-10/h7-8H,4-6H2,1-3H3. The normalized spacial score (nSPS) is 10.9. The maximum Gasteiger partial charge on any atom is 0.136 e. The Hall–Kier alpha value is -1.42. The molecule has 0 unspecified atom stereocenters. The average molecular weight is 265 g/mol. The molecule has 2 aromatic heterocycles. The summed E-state index contributed by atoms with van der Waals surface area (Å²) in [6, 6.07) is 0. The first-order valence-electron chi connectivity index (χ1n) is 6.21. The molecule has 2 aromatic rings. The van der Waals surface area contributed by atoms with Gasteiger partial charge in [-0.3, -0.25) is 4.68 Å². The molecular weight excluding hydrogens is 248 g/mol. The molecule has 0 bridgehead atoms. The van der Waals surface area contributed by atoms with Crippen molar-refractivity contribution in [3.63, 3.8) is 0 Å². The van der Waals surface area contributed by atoms with Crippen molar-refractivity contribution in [1.82, 2.24) is 19.7 Å². The molecule has 2 heterocycles. The zero-order chi connectivity index (χ0) is 13.1. The lowest BCUT2D eigenvalue weighted by Crippen LogP contribution is -2.00. The van der Waals surface area contributed by atoms with Gasteiger partial charge in [-0.25, -0.2) is 9.97 Å². The fourth-order valence-corrected chi connectivity index (χ4v) is 2.00. The van der Waals surface area contributed by atoms with Crippen LogP contribution in [0.4, 0.5) is 0 Å². The van der Waals surface area contributed by atoms with Crippen molar-refractivity contribution in [3.8, 4) is 11.3 Å². The van der Waals surface area contributed by atoms with Gasteiger partial charge >= 0.3 is 0 Å².